The number of fused-ring (bicyclic) bond motifs is 3. The Balaban J connectivity index is 1.45. The van der Waals surface area contributed by atoms with Crippen LogP contribution >= 0.6 is 0 Å². The molecule has 5 aliphatic rings. The Bertz CT molecular complexity index is 896. The van der Waals surface area contributed by atoms with E-state index in [1.165, 1.54) is 7.11 Å². The second-order valence-corrected chi connectivity index (χ2v) is 9.02. The molecule has 31 heavy (non-hydrogen) atoms. The number of halogens is 5. The van der Waals surface area contributed by atoms with E-state index in [1.54, 1.807) is 0 Å². The van der Waals surface area contributed by atoms with Crippen molar-refractivity contribution in [3.8, 4) is 0 Å². The fraction of sp³-hybridized carbons (Fsp3) is 0.750. The Morgan fingerprint density at radius 3 is 2.52 bits per heavy atom. The van der Waals surface area contributed by atoms with Crippen LogP contribution in [0.15, 0.2) is 0 Å². The van der Waals surface area contributed by atoms with Crippen LogP contribution in [-0.2, 0) is 21.9 Å². The molecule has 4 heterocycles. The first-order chi connectivity index (χ1) is 14.6. The van der Waals surface area contributed by atoms with Gasteiger partial charge in [-0.3, -0.25) is 4.79 Å². The van der Waals surface area contributed by atoms with Crippen molar-refractivity contribution in [3.63, 3.8) is 0 Å². The molecule has 2 unspecified atom stereocenters. The molecular weight excluding hydrogens is 423 g/mol. The zero-order valence-corrected chi connectivity index (χ0v) is 17.0. The highest BCUT2D eigenvalue weighted by Gasteiger charge is 2.52. The lowest BCUT2D eigenvalue weighted by molar-refractivity contribution is -0.160. The third kappa shape index (κ3) is 3.31. The monoisotopic (exact) mass is 446 g/mol. The summed E-state index contributed by atoms with van der Waals surface area (Å²) in [6, 6.07) is -1.74. The van der Waals surface area contributed by atoms with Gasteiger partial charge in [0.15, 0.2) is 0 Å². The van der Waals surface area contributed by atoms with E-state index in [4.69, 9.17) is 4.74 Å². The lowest BCUT2D eigenvalue weighted by atomic mass is 9.60. The molecule has 2 aliphatic carbocycles. The molecule has 3 saturated heterocycles. The van der Waals surface area contributed by atoms with Gasteiger partial charge in [-0.25, -0.2) is 4.98 Å². The molecule has 4 fully saturated rings. The van der Waals surface area contributed by atoms with E-state index >= 15 is 0 Å². The quantitative estimate of drug-likeness (QED) is 0.523. The molecule has 11 heteroatoms. The van der Waals surface area contributed by atoms with Crippen LogP contribution in [0.2, 0.25) is 0 Å². The first kappa shape index (κ1) is 20.7. The molecule has 0 amide bonds. The predicted molar refractivity (Wildman–Crippen MR) is 100.0 cm³/mol. The molecule has 0 spiro atoms. The molecule has 4 atom stereocenters. The lowest BCUT2D eigenvalue weighted by Gasteiger charge is -2.54. The number of carbonyl (C=O) groups excluding carboxylic acids is 1. The van der Waals surface area contributed by atoms with Crippen molar-refractivity contribution in [3.05, 3.63) is 11.3 Å². The Labute approximate surface area is 175 Å². The standard InChI is InChI=1S/C20H23F5N4O2/c1-31-15(30)7-13-10-6-11(13)9-28(8-10)17-12-2-4-19(21,22)16(12)26-18(27-17)29-5-3-14(29)20(23,24)25/h10-11,13-14H,2-9H2,1H3/t10-,11+,13?,14?. The van der Waals surface area contributed by atoms with Crippen LogP contribution in [0.3, 0.4) is 0 Å². The zero-order valence-electron chi connectivity index (χ0n) is 17.0. The molecule has 170 valence electrons. The number of piperidine rings is 2. The molecule has 1 saturated carbocycles. The number of carbonyl (C=O) groups is 1. The van der Waals surface area contributed by atoms with Gasteiger partial charge < -0.3 is 14.5 Å². The van der Waals surface area contributed by atoms with E-state index < -0.39 is 30.3 Å². The van der Waals surface area contributed by atoms with Crippen LogP contribution in [0.25, 0.3) is 0 Å². The normalized spacial score (nSPS) is 31.0. The summed E-state index contributed by atoms with van der Waals surface area (Å²) in [5, 5.41) is 0. The van der Waals surface area contributed by atoms with Crippen LogP contribution in [-0.4, -0.2) is 54.9 Å². The fourth-order valence-corrected chi connectivity index (χ4v) is 5.52. The van der Waals surface area contributed by atoms with E-state index in [0.717, 1.165) is 11.3 Å². The molecule has 6 nitrogen and oxygen atoms in total. The van der Waals surface area contributed by atoms with Gasteiger partial charge in [-0.05, 0) is 37.0 Å². The van der Waals surface area contributed by atoms with Crippen molar-refractivity contribution >= 4 is 17.7 Å². The third-order valence-electron chi connectivity index (χ3n) is 7.32. The minimum absolute atomic E-state index is 0.0838. The Morgan fingerprint density at radius 2 is 1.94 bits per heavy atom. The number of rotatable bonds is 4. The van der Waals surface area contributed by atoms with Crippen LogP contribution in [0.4, 0.5) is 33.7 Å². The lowest BCUT2D eigenvalue weighted by Crippen LogP contribution is -2.57. The fourth-order valence-electron chi connectivity index (χ4n) is 5.52. The number of methoxy groups -OCH3 is 1. The zero-order chi connectivity index (χ0) is 22.1. The summed E-state index contributed by atoms with van der Waals surface area (Å²) in [7, 11) is 1.35. The summed E-state index contributed by atoms with van der Waals surface area (Å²) >= 11 is 0. The van der Waals surface area contributed by atoms with E-state index in [2.05, 4.69) is 9.97 Å². The minimum Gasteiger partial charge on any atom is -0.469 e. The summed E-state index contributed by atoms with van der Waals surface area (Å²) in [5.41, 5.74) is -0.102. The number of esters is 1. The minimum atomic E-state index is -4.46. The third-order valence-corrected chi connectivity index (χ3v) is 7.32. The maximum absolute atomic E-state index is 14.5. The van der Waals surface area contributed by atoms with Crippen LogP contribution in [0, 0.1) is 17.8 Å². The highest BCUT2D eigenvalue weighted by Crippen LogP contribution is 2.51. The summed E-state index contributed by atoms with van der Waals surface area (Å²) in [5.74, 6) is -2.78. The van der Waals surface area contributed by atoms with E-state index in [0.29, 0.717) is 30.9 Å². The molecule has 1 aromatic heterocycles. The van der Waals surface area contributed by atoms with E-state index in [-0.39, 0.29) is 49.1 Å². The topological polar surface area (TPSA) is 58.6 Å². The molecule has 0 aromatic carbocycles. The smallest absolute Gasteiger partial charge is 0.408 e. The Hall–Kier alpha value is -2.20. The van der Waals surface area contributed by atoms with Crippen LogP contribution in [0.5, 0.6) is 0 Å². The highest BCUT2D eigenvalue weighted by atomic mass is 19.4. The number of anilines is 2. The van der Waals surface area contributed by atoms with Gasteiger partial charge in [-0.15, -0.1) is 0 Å². The summed E-state index contributed by atoms with van der Waals surface area (Å²) in [4.78, 5) is 22.8. The van der Waals surface area contributed by atoms with Gasteiger partial charge in [0.05, 0.1) is 7.11 Å². The Kier molecular flexibility index (Phi) is 4.60. The molecule has 2 bridgehead atoms. The van der Waals surface area contributed by atoms with E-state index in [9.17, 15) is 26.7 Å². The summed E-state index contributed by atoms with van der Waals surface area (Å²) in [6.45, 7) is 1.16. The average Bonchev–Trinajstić information content (AvgIpc) is 2.98. The molecule has 0 N–H and O–H groups in total. The molecule has 1 aromatic rings. The van der Waals surface area contributed by atoms with Crippen molar-refractivity contribution in [2.75, 3.05) is 36.5 Å². The number of alkyl halides is 5. The van der Waals surface area contributed by atoms with E-state index in [1.807, 2.05) is 4.90 Å². The molecule has 0 radical (unpaired) electrons. The SMILES string of the molecule is COC(=O)CC1[C@@H]2C[C@H]1CN(c1nc(N3CCC3C(F)(F)F)nc3c1CCC3(F)F)C2. The van der Waals surface area contributed by atoms with Gasteiger partial charge in [-0.1, -0.05) is 0 Å². The van der Waals surface area contributed by atoms with Crippen molar-refractivity contribution in [1.29, 1.82) is 0 Å². The number of aromatic nitrogens is 2. The second kappa shape index (κ2) is 6.90. The average molecular weight is 446 g/mol. The summed E-state index contributed by atoms with van der Waals surface area (Å²) < 4.78 is 73.6. The second-order valence-electron chi connectivity index (χ2n) is 9.02. The van der Waals surface area contributed by atoms with Crippen LogP contribution in [0.1, 0.15) is 36.9 Å². The van der Waals surface area contributed by atoms with Gasteiger partial charge in [0.1, 0.15) is 17.6 Å². The molecular formula is C20H23F5N4O2. The maximum atomic E-state index is 14.5. The number of ether oxygens (including phenoxy) is 1. The number of hydrogen-bond donors (Lipinski definition) is 0. The van der Waals surface area contributed by atoms with Crippen LogP contribution < -0.4 is 9.80 Å². The van der Waals surface area contributed by atoms with Gasteiger partial charge in [0, 0.05) is 38.0 Å². The van der Waals surface area contributed by atoms with Crippen molar-refractivity contribution in [2.24, 2.45) is 17.8 Å². The first-order valence-electron chi connectivity index (χ1n) is 10.5. The van der Waals surface area contributed by atoms with Crippen molar-refractivity contribution in [2.45, 2.75) is 50.2 Å². The first-order valence-corrected chi connectivity index (χ1v) is 10.5. The largest absolute Gasteiger partial charge is 0.469 e. The number of nitrogens with zero attached hydrogens (tertiary/aromatic N) is 4. The van der Waals surface area contributed by atoms with Crippen molar-refractivity contribution < 1.29 is 31.5 Å². The van der Waals surface area contributed by atoms with Gasteiger partial charge in [0.2, 0.25) is 5.95 Å². The highest BCUT2D eigenvalue weighted by molar-refractivity contribution is 5.70. The molecule has 3 aliphatic heterocycles. The van der Waals surface area contributed by atoms with Crippen molar-refractivity contribution in [1.82, 2.24) is 9.97 Å². The maximum Gasteiger partial charge on any atom is 0.408 e. The van der Waals surface area contributed by atoms with Gasteiger partial charge in [-0.2, -0.15) is 26.9 Å². The molecule has 6 rings (SSSR count). The summed E-state index contributed by atoms with van der Waals surface area (Å²) in [6.07, 6.45) is -3.61. The Morgan fingerprint density at radius 1 is 1.23 bits per heavy atom. The van der Waals surface area contributed by atoms with Gasteiger partial charge in [0.25, 0.3) is 5.92 Å². The number of hydrogen-bond acceptors (Lipinski definition) is 6. The van der Waals surface area contributed by atoms with Gasteiger partial charge >= 0.3 is 12.1 Å². The predicted octanol–water partition coefficient (Wildman–Crippen LogP) is 3.29.